The van der Waals surface area contributed by atoms with Crippen LogP contribution in [0, 0.1) is 5.41 Å². The normalized spacial score (nSPS) is 25.0. The number of ether oxygens (including phenoxy) is 1. The van der Waals surface area contributed by atoms with Gasteiger partial charge in [0, 0.05) is 50.8 Å². The third-order valence-electron chi connectivity index (χ3n) is 5.14. The van der Waals surface area contributed by atoms with Crippen molar-refractivity contribution in [1.29, 1.82) is 0 Å². The first-order valence-corrected chi connectivity index (χ1v) is 9.48. The minimum atomic E-state index is -4.47. The summed E-state index contributed by atoms with van der Waals surface area (Å²) in [5, 5.41) is -0.0850. The van der Waals surface area contributed by atoms with Gasteiger partial charge in [-0.3, -0.25) is 4.90 Å². The molecule has 1 aromatic rings. The van der Waals surface area contributed by atoms with Crippen LogP contribution in [0.25, 0.3) is 0 Å². The average Bonchev–Trinajstić information content (AvgIpc) is 2.49. The predicted molar refractivity (Wildman–Crippen MR) is 89.5 cm³/mol. The lowest BCUT2D eigenvalue weighted by Gasteiger charge is -2.62. The van der Waals surface area contributed by atoms with E-state index in [1.165, 1.54) is 18.0 Å². The van der Waals surface area contributed by atoms with Crippen molar-refractivity contribution >= 4 is 23.5 Å². The minimum Gasteiger partial charge on any atom is -0.381 e. The van der Waals surface area contributed by atoms with Crippen molar-refractivity contribution in [2.24, 2.45) is 5.41 Å². The standard InChI is InChI=1S/C16H19ClF3N3OS/c17-14-12(1-2-13(21-14)16(18,19)20)25-23-9-15(10-23)7-22(8-15)11-3-5-24-6-4-11/h1-2,11H,3-10H2. The number of halogens is 4. The van der Waals surface area contributed by atoms with Crippen molar-refractivity contribution in [3.63, 3.8) is 0 Å². The first kappa shape index (κ1) is 17.9. The second-order valence-electron chi connectivity index (χ2n) is 7.12. The Kier molecular flexibility index (Phi) is 4.69. The van der Waals surface area contributed by atoms with Gasteiger partial charge in [-0.25, -0.2) is 9.29 Å². The molecule has 0 bridgehead atoms. The zero-order valence-corrected chi connectivity index (χ0v) is 15.1. The van der Waals surface area contributed by atoms with E-state index in [9.17, 15) is 13.2 Å². The Morgan fingerprint density at radius 3 is 2.44 bits per heavy atom. The minimum absolute atomic E-state index is 0.0850. The van der Waals surface area contributed by atoms with E-state index in [4.69, 9.17) is 16.3 Å². The maximum absolute atomic E-state index is 12.6. The quantitative estimate of drug-likeness (QED) is 0.578. The summed E-state index contributed by atoms with van der Waals surface area (Å²) in [4.78, 5) is 6.59. The van der Waals surface area contributed by atoms with Gasteiger partial charge in [0.25, 0.3) is 0 Å². The maximum atomic E-state index is 12.6. The first-order valence-electron chi connectivity index (χ1n) is 8.33. The number of alkyl halides is 3. The van der Waals surface area contributed by atoms with Crippen molar-refractivity contribution in [2.45, 2.75) is 30.0 Å². The molecule has 3 aliphatic heterocycles. The fourth-order valence-corrected chi connectivity index (χ4v) is 5.34. The van der Waals surface area contributed by atoms with Gasteiger partial charge in [0.2, 0.25) is 0 Å². The molecule has 0 aromatic carbocycles. The highest BCUT2D eigenvalue weighted by Gasteiger charge is 2.53. The van der Waals surface area contributed by atoms with Crippen LogP contribution in [0.15, 0.2) is 17.0 Å². The monoisotopic (exact) mass is 393 g/mol. The second-order valence-corrected chi connectivity index (χ2v) is 8.62. The summed E-state index contributed by atoms with van der Waals surface area (Å²) in [5.74, 6) is 0. The van der Waals surface area contributed by atoms with Crippen LogP contribution in [0.2, 0.25) is 5.15 Å². The molecule has 0 saturated carbocycles. The molecule has 0 N–H and O–H groups in total. The average molecular weight is 394 g/mol. The zero-order valence-electron chi connectivity index (χ0n) is 13.6. The van der Waals surface area contributed by atoms with Crippen LogP contribution in [0.1, 0.15) is 18.5 Å². The largest absolute Gasteiger partial charge is 0.433 e. The van der Waals surface area contributed by atoms with Crippen LogP contribution in [0.4, 0.5) is 13.2 Å². The van der Waals surface area contributed by atoms with Gasteiger partial charge in [-0.15, -0.1) is 0 Å². The van der Waals surface area contributed by atoms with Crippen molar-refractivity contribution in [3.05, 3.63) is 23.0 Å². The lowest BCUT2D eigenvalue weighted by Crippen LogP contribution is -2.72. The molecule has 138 valence electrons. The van der Waals surface area contributed by atoms with Gasteiger partial charge in [-0.1, -0.05) is 11.6 Å². The Hall–Kier alpha value is -0.540. The maximum Gasteiger partial charge on any atom is 0.433 e. The van der Waals surface area contributed by atoms with Crippen LogP contribution in [0.3, 0.4) is 0 Å². The summed E-state index contributed by atoms with van der Waals surface area (Å²) in [6.07, 6.45) is -2.24. The van der Waals surface area contributed by atoms with E-state index >= 15 is 0 Å². The third kappa shape index (κ3) is 3.64. The summed E-state index contributed by atoms with van der Waals surface area (Å²) in [5.41, 5.74) is -0.607. The van der Waals surface area contributed by atoms with Crippen LogP contribution < -0.4 is 0 Å². The molecule has 0 amide bonds. The Labute approximate surface area is 153 Å². The van der Waals surface area contributed by atoms with Crippen molar-refractivity contribution in [1.82, 2.24) is 14.2 Å². The van der Waals surface area contributed by atoms with E-state index in [1.807, 2.05) is 0 Å². The molecule has 3 fully saturated rings. The van der Waals surface area contributed by atoms with E-state index < -0.39 is 11.9 Å². The van der Waals surface area contributed by atoms with Crippen LogP contribution in [-0.4, -0.2) is 59.6 Å². The number of hydrogen-bond donors (Lipinski definition) is 0. The summed E-state index contributed by atoms with van der Waals surface area (Å²) in [7, 11) is 0. The number of aromatic nitrogens is 1. The molecule has 1 spiro atoms. The van der Waals surface area contributed by atoms with Gasteiger partial charge < -0.3 is 4.74 Å². The molecular weight excluding hydrogens is 375 g/mol. The predicted octanol–water partition coefficient (Wildman–Crippen LogP) is 3.56. The van der Waals surface area contributed by atoms with Gasteiger partial charge in [-0.2, -0.15) is 13.2 Å². The number of hydrogen-bond acceptors (Lipinski definition) is 5. The Morgan fingerprint density at radius 2 is 1.84 bits per heavy atom. The summed E-state index contributed by atoms with van der Waals surface area (Å²) in [6, 6.07) is 3.04. The lowest BCUT2D eigenvalue weighted by molar-refractivity contribution is -0.141. The Bertz CT molecular complexity index is 640. The van der Waals surface area contributed by atoms with Crippen molar-refractivity contribution in [2.75, 3.05) is 39.4 Å². The summed E-state index contributed by atoms with van der Waals surface area (Å²) < 4.78 is 45.5. The highest BCUT2D eigenvalue weighted by Crippen LogP contribution is 2.46. The van der Waals surface area contributed by atoms with Crippen LogP contribution in [0.5, 0.6) is 0 Å². The molecule has 3 aliphatic rings. The van der Waals surface area contributed by atoms with E-state index in [1.54, 1.807) is 0 Å². The van der Waals surface area contributed by atoms with Gasteiger partial charge in [0.05, 0.1) is 4.90 Å². The molecule has 1 aromatic heterocycles. The molecule has 25 heavy (non-hydrogen) atoms. The van der Waals surface area contributed by atoms with Crippen LogP contribution >= 0.6 is 23.5 Å². The van der Waals surface area contributed by atoms with Crippen LogP contribution in [-0.2, 0) is 10.9 Å². The van der Waals surface area contributed by atoms with E-state index in [-0.39, 0.29) is 5.15 Å². The zero-order chi connectivity index (χ0) is 17.7. The fourth-order valence-electron chi connectivity index (χ4n) is 3.88. The molecule has 3 saturated heterocycles. The Morgan fingerprint density at radius 1 is 1.16 bits per heavy atom. The summed E-state index contributed by atoms with van der Waals surface area (Å²) >= 11 is 7.32. The van der Waals surface area contributed by atoms with E-state index in [0.29, 0.717) is 16.4 Å². The molecule has 4 heterocycles. The first-order chi connectivity index (χ1) is 11.8. The number of nitrogens with zero attached hydrogens (tertiary/aromatic N) is 3. The second kappa shape index (κ2) is 6.56. The number of likely N-dealkylation sites (tertiary alicyclic amines) is 1. The van der Waals surface area contributed by atoms with Gasteiger partial charge in [0.1, 0.15) is 10.8 Å². The van der Waals surface area contributed by atoms with Gasteiger partial charge >= 0.3 is 6.18 Å². The molecule has 0 radical (unpaired) electrons. The lowest BCUT2D eigenvalue weighted by atomic mass is 9.73. The highest BCUT2D eigenvalue weighted by atomic mass is 35.5. The molecule has 0 aliphatic carbocycles. The van der Waals surface area contributed by atoms with E-state index in [0.717, 1.165) is 58.3 Å². The topological polar surface area (TPSA) is 28.6 Å². The molecule has 0 atom stereocenters. The smallest absolute Gasteiger partial charge is 0.381 e. The van der Waals surface area contributed by atoms with Gasteiger partial charge in [-0.05, 0) is 36.9 Å². The number of pyridine rings is 1. The SMILES string of the molecule is FC(F)(F)c1ccc(SN2CC3(C2)CN(C2CCOCC2)C3)c(Cl)n1. The van der Waals surface area contributed by atoms with Crippen molar-refractivity contribution < 1.29 is 17.9 Å². The van der Waals surface area contributed by atoms with Gasteiger partial charge in [0.15, 0.2) is 0 Å². The van der Waals surface area contributed by atoms with Crippen molar-refractivity contribution in [3.8, 4) is 0 Å². The molecule has 9 heteroatoms. The number of rotatable bonds is 3. The summed E-state index contributed by atoms with van der Waals surface area (Å²) in [6.45, 7) is 5.80. The molecule has 4 nitrogen and oxygen atoms in total. The molecule has 4 rings (SSSR count). The van der Waals surface area contributed by atoms with E-state index in [2.05, 4.69) is 14.2 Å². The molecule has 0 unspecified atom stereocenters. The highest BCUT2D eigenvalue weighted by molar-refractivity contribution is 7.97. The Balaban J connectivity index is 1.28. The molecular formula is C16H19ClF3N3OS. The third-order valence-corrected chi connectivity index (χ3v) is 6.58. The fraction of sp³-hybridized carbons (Fsp3) is 0.688.